The van der Waals surface area contributed by atoms with Crippen molar-refractivity contribution in [2.75, 3.05) is 0 Å². The fourth-order valence-electron chi connectivity index (χ4n) is 3.07. The van der Waals surface area contributed by atoms with Crippen LogP contribution in [0.1, 0.15) is 47.0 Å². The number of carbonyl (C=O) groups is 3. The monoisotopic (exact) mass is 328 g/mol. The summed E-state index contributed by atoms with van der Waals surface area (Å²) in [6.45, 7) is 11.1. The van der Waals surface area contributed by atoms with Gasteiger partial charge in [0, 0.05) is 17.6 Å². The Labute approximate surface area is 143 Å². The summed E-state index contributed by atoms with van der Waals surface area (Å²) < 4.78 is 5.39. The molecule has 0 spiro atoms. The van der Waals surface area contributed by atoms with Gasteiger partial charge < -0.3 is 4.74 Å². The number of esters is 1. The molecule has 0 unspecified atom stereocenters. The van der Waals surface area contributed by atoms with E-state index in [1.165, 1.54) is 6.08 Å². The highest BCUT2D eigenvalue weighted by atomic mass is 16.5. The Morgan fingerprint density at radius 1 is 1.21 bits per heavy atom. The summed E-state index contributed by atoms with van der Waals surface area (Å²) in [5.74, 6) is -0.716. The second-order valence-electron chi connectivity index (χ2n) is 6.83. The summed E-state index contributed by atoms with van der Waals surface area (Å²) in [6.07, 6.45) is 3.94. The van der Waals surface area contributed by atoms with Gasteiger partial charge in [0.05, 0.1) is 0 Å². The summed E-state index contributed by atoms with van der Waals surface area (Å²) in [6, 6.07) is 0. The van der Waals surface area contributed by atoms with Gasteiger partial charge in [-0.2, -0.15) is 0 Å². The Kier molecular flexibility index (Phi) is 5.37. The molecule has 0 fully saturated rings. The lowest BCUT2D eigenvalue weighted by atomic mass is 9.86. The summed E-state index contributed by atoms with van der Waals surface area (Å²) in [5.41, 5.74) is 3.13. The van der Waals surface area contributed by atoms with Crippen LogP contribution in [0.5, 0.6) is 0 Å². The Bertz CT molecular complexity index is 699. The van der Waals surface area contributed by atoms with Gasteiger partial charge in [0.15, 0.2) is 11.6 Å². The first-order valence-corrected chi connectivity index (χ1v) is 8.21. The lowest BCUT2D eigenvalue weighted by molar-refractivity contribution is -0.138. The molecule has 1 heterocycles. The van der Waals surface area contributed by atoms with Crippen LogP contribution in [-0.2, 0) is 19.1 Å². The van der Waals surface area contributed by atoms with Gasteiger partial charge in [0.1, 0.15) is 6.10 Å². The zero-order valence-corrected chi connectivity index (χ0v) is 14.8. The van der Waals surface area contributed by atoms with Crippen LogP contribution < -0.4 is 0 Å². The second-order valence-corrected chi connectivity index (χ2v) is 6.83. The SMILES string of the molecule is C=C(C)[C@@H]1CCC2=C[C@@H](OC2=O)C(=C(C)C)C(=O)/C=C(\C)C(=O)C1. The quantitative estimate of drug-likeness (QED) is 0.419. The maximum Gasteiger partial charge on any atom is 0.334 e. The van der Waals surface area contributed by atoms with Crippen molar-refractivity contribution in [2.24, 2.45) is 5.92 Å². The van der Waals surface area contributed by atoms with E-state index < -0.39 is 6.10 Å². The van der Waals surface area contributed by atoms with E-state index >= 15 is 0 Å². The highest BCUT2D eigenvalue weighted by Gasteiger charge is 2.32. The van der Waals surface area contributed by atoms with Gasteiger partial charge in [-0.05, 0) is 64.2 Å². The number of fused-ring (bicyclic) bond motifs is 1. The lowest BCUT2D eigenvalue weighted by Crippen LogP contribution is -2.19. The zero-order valence-electron chi connectivity index (χ0n) is 14.8. The van der Waals surface area contributed by atoms with Crippen LogP contribution in [0.3, 0.4) is 0 Å². The Morgan fingerprint density at radius 3 is 2.46 bits per heavy atom. The number of Topliss-reactive ketones (excluding diaryl/α,β-unsaturated/α-hetero) is 1. The summed E-state index contributed by atoms with van der Waals surface area (Å²) in [4.78, 5) is 37.1. The van der Waals surface area contributed by atoms with Crippen molar-refractivity contribution in [2.45, 2.75) is 53.1 Å². The molecule has 128 valence electrons. The fourth-order valence-corrected chi connectivity index (χ4v) is 3.07. The first kappa shape index (κ1) is 18.1. The minimum Gasteiger partial charge on any atom is -0.450 e. The highest BCUT2D eigenvalue weighted by molar-refractivity contribution is 6.11. The smallest absolute Gasteiger partial charge is 0.334 e. The maximum absolute atomic E-state index is 12.6. The summed E-state index contributed by atoms with van der Waals surface area (Å²) in [5, 5.41) is 0. The molecular formula is C20H24O4. The van der Waals surface area contributed by atoms with E-state index in [1.54, 1.807) is 26.8 Å². The number of allylic oxidation sites excluding steroid dienone is 4. The first-order chi connectivity index (χ1) is 11.2. The van der Waals surface area contributed by atoms with E-state index in [0.717, 1.165) is 11.1 Å². The normalized spacial score (nSPS) is 27.5. The fraction of sp³-hybridized carbons (Fsp3) is 0.450. The summed E-state index contributed by atoms with van der Waals surface area (Å²) in [7, 11) is 0. The third kappa shape index (κ3) is 3.81. The molecule has 2 aliphatic rings. The van der Waals surface area contributed by atoms with E-state index in [4.69, 9.17) is 4.74 Å². The van der Waals surface area contributed by atoms with Crippen molar-refractivity contribution in [3.05, 3.63) is 46.6 Å². The van der Waals surface area contributed by atoms with E-state index in [1.807, 2.05) is 6.92 Å². The molecule has 0 aromatic rings. The Balaban J connectivity index is 2.48. The van der Waals surface area contributed by atoms with Gasteiger partial charge in [-0.1, -0.05) is 17.7 Å². The molecule has 2 atom stereocenters. The van der Waals surface area contributed by atoms with Gasteiger partial charge in [0.25, 0.3) is 0 Å². The number of ketones is 2. The third-order valence-electron chi connectivity index (χ3n) is 4.62. The van der Waals surface area contributed by atoms with E-state index in [0.29, 0.717) is 36.0 Å². The number of rotatable bonds is 1. The van der Waals surface area contributed by atoms with Crippen LogP contribution in [-0.4, -0.2) is 23.6 Å². The Morgan fingerprint density at radius 2 is 1.88 bits per heavy atom. The van der Waals surface area contributed by atoms with Crippen molar-refractivity contribution in [3.63, 3.8) is 0 Å². The highest BCUT2D eigenvalue weighted by Crippen LogP contribution is 2.30. The predicted octanol–water partition coefficient (Wildman–Crippen LogP) is 3.64. The number of carbonyl (C=O) groups excluding carboxylic acids is 3. The number of hydrogen-bond acceptors (Lipinski definition) is 4. The molecule has 2 bridgehead atoms. The molecule has 0 radical (unpaired) electrons. The van der Waals surface area contributed by atoms with Crippen LogP contribution in [0, 0.1) is 5.92 Å². The van der Waals surface area contributed by atoms with Crippen molar-refractivity contribution in [1.29, 1.82) is 0 Å². The minimum absolute atomic E-state index is 0.00828. The first-order valence-electron chi connectivity index (χ1n) is 8.21. The van der Waals surface area contributed by atoms with Crippen LogP contribution in [0.25, 0.3) is 0 Å². The minimum atomic E-state index is -0.660. The molecule has 0 N–H and O–H groups in total. The molecule has 1 aliphatic carbocycles. The molecule has 2 rings (SSSR count). The maximum atomic E-state index is 12.6. The Hall–Kier alpha value is -2.23. The average molecular weight is 328 g/mol. The summed E-state index contributed by atoms with van der Waals surface area (Å²) >= 11 is 0. The predicted molar refractivity (Wildman–Crippen MR) is 92.3 cm³/mol. The van der Waals surface area contributed by atoms with Gasteiger partial charge in [0.2, 0.25) is 0 Å². The van der Waals surface area contributed by atoms with Crippen molar-refractivity contribution >= 4 is 17.5 Å². The topological polar surface area (TPSA) is 60.4 Å². The van der Waals surface area contributed by atoms with E-state index in [9.17, 15) is 14.4 Å². The van der Waals surface area contributed by atoms with Gasteiger partial charge in [-0.3, -0.25) is 9.59 Å². The van der Waals surface area contributed by atoms with Crippen LogP contribution in [0.15, 0.2) is 46.6 Å². The second kappa shape index (κ2) is 7.12. The van der Waals surface area contributed by atoms with Crippen molar-refractivity contribution < 1.29 is 19.1 Å². The molecule has 24 heavy (non-hydrogen) atoms. The molecule has 0 saturated carbocycles. The molecule has 0 saturated heterocycles. The van der Waals surface area contributed by atoms with Crippen LogP contribution in [0.2, 0.25) is 0 Å². The van der Waals surface area contributed by atoms with Crippen LogP contribution in [0.4, 0.5) is 0 Å². The molecule has 0 aromatic carbocycles. The van der Waals surface area contributed by atoms with Crippen molar-refractivity contribution in [3.8, 4) is 0 Å². The van der Waals surface area contributed by atoms with Gasteiger partial charge in [-0.15, -0.1) is 0 Å². The van der Waals surface area contributed by atoms with Crippen LogP contribution >= 0.6 is 0 Å². The average Bonchev–Trinajstić information content (AvgIpc) is 2.82. The van der Waals surface area contributed by atoms with E-state index in [2.05, 4.69) is 6.58 Å². The molecule has 0 aromatic heterocycles. The molecule has 1 aliphatic heterocycles. The van der Waals surface area contributed by atoms with Gasteiger partial charge in [-0.25, -0.2) is 4.79 Å². The molecular weight excluding hydrogens is 304 g/mol. The standard InChI is InChI=1S/C20H24O4/c1-11(2)14-6-7-15-10-18(24-20(15)23)19(12(3)4)17(22)8-13(5)16(21)9-14/h8,10,14,18H,1,6-7,9H2,2-5H3/b13-8+/t14-,18-/m1/s1. The number of hydrogen-bond donors (Lipinski definition) is 0. The van der Waals surface area contributed by atoms with E-state index in [-0.39, 0.29) is 23.5 Å². The van der Waals surface area contributed by atoms with Crippen molar-refractivity contribution in [1.82, 2.24) is 0 Å². The third-order valence-corrected chi connectivity index (χ3v) is 4.62. The lowest BCUT2D eigenvalue weighted by Gasteiger charge is -2.17. The number of ether oxygens (including phenoxy) is 1. The largest absolute Gasteiger partial charge is 0.450 e. The molecule has 4 nitrogen and oxygen atoms in total. The molecule has 0 amide bonds. The zero-order chi connectivity index (χ0) is 18.0. The van der Waals surface area contributed by atoms with Gasteiger partial charge >= 0.3 is 5.97 Å². The molecule has 4 heteroatoms.